The molecule has 0 amide bonds. The summed E-state index contributed by atoms with van der Waals surface area (Å²) in [5.74, 6) is 0.609. The summed E-state index contributed by atoms with van der Waals surface area (Å²) in [6.45, 7) is 0. The Bertz CT molecular complexity index is 742. The molecule has 2 aromatic rings. The van der Waals surface area contributed by atoms with Gasteiger partial charge in [-0.3, -0.25) is 0 Å². The van der Waals surface area contributed by atoms with E-state index in [9.17, 15) is 9.90 Å². The van der Waals surface area contributed by atoms with Crippen molar-refractivity contribution in [2.24, 2.45) is 0 Å². The van der Waals surface area contributed by atoms with E-state index in [1.807, 2.05) is 36.4 Å². The Morgan fingerprint density at radius 1 is 1.13 bits per heavy atom. The Hall–Kier alpha value is -2.69. The Kier molecular flexibility index (Phi) is 3.15. The van der Waals surface area contributed by atoms with Gasteiger partial charge in [-0.25, -0.2) is 4.79 Å². The minimum atomic E-state index is -1.28. The SMILES string of the molecule is O=C(O)OC1CC2c3c(O)cccc3OC2C1c1ccccc1. The molecule has 2 aromatic carbocycles. The van der Waals surface area contributed by atoms with Crippen LogP contribution in [0.2, 0.25) is 0 Å². The van der Waals surface area contributed by atoms with Crippen molar-refractivity contribution in [3.05, 3.63) is 59.7 Å². The van der Waals surface area contributed by atoms with Crippen molar-refractivity contribution >= 4 is 6.16 Å². The third-order valence-electron chi connectivity index (χ3n) is 4.75. The molecule has 4 unspecified atom stereocenters. The Labute approximate surface area is 133 Å². The highest BCUT2D eigenvalue weighted by Crippen LogP contribution is 2.55. The van der Waals surface area contributed by atoms with Crippen LogP contribution in [0.25, 0.3) is 0 Å². The molecule has 0 aromatic heterocycles. The average molecular weight is 312 g/mol. The van der Waals surface area contributed by atoms with E-state index >= 15 is 0 Å². The highest BCUT2D eigenvalue weighted by molar-refractivity contribution is 5.58. The molecule has 4 rings (SSSR count). The van der Waals surface area contributed by atoms with Gasteiger partial charge in [-0.05, 0) is 24.1 Å². The quantitative estimate of drug-likeness (QED) is 0.830. The van der Waals surface area contributed by atoms with Crippen LogP contribution in [0.5, 0.6) is 11.5 Å². The van der Waals surface area contributed by atoms with E-state index in [-0.39, 0.29) is 23.7 Å². The molecule has 5 heteroatoms. The number of benzene rings is 2. The van der Waals surface area contributed by atoms with Crippen LogP contribution in [0.1, 0.15) is 29.4 Å². The molecule has 1 saturated carbocycles. The molecule has 0 bridgehead atoms. The first-order valence-electron chi connectivity index (χ1n) is 7.58. The topological polar surface area (TPSA) is 76.0 Å². The Balaban J connectivity index is 1.75. The van der Waals surface area contributed by atoms with E-state index < -0.39 is 12.3 Å². The molecule has 0 saturated heterocycles. The van der Waals surface area contributed by atoms with Crippen molar-refractivity contribution in [3.63, 3.8) is 0 Å². The number of hydrogen-bond donors (Lipinski definition) is 2. The van der Waals surface area contributed by atoms with Crippen molar-refractivity contribution in [3.8, 4) is 11.5 Å². The highest BCUT2D eigenvalue weighted by Gasteiger charge is 2.53. The maximum absolute atomic E-state index is 11.1. The van der Waals surface area contributed by atoms with E-state index in [2.05, 4.69) is 0 Å². The number of ether oxygens (including phenoxy) is 2. The van der Waals surface area contributed by atoms with Crippen molar-refractivity contribution in [1.82, 2.24) is 0 Å². The summed E-state index contributed by atoms with van der Waals surface area (Å²) in [4.78, 5) is 11.1. The minimum absolute atomic E-state index is 0.0687. The standard InChI is InChI=1S/C18H16O5/c19-12-7-4-8-13-16(12)11-9-14(23-18(20)21)15(17(11)22-13)10-5-2-1-3-6-10/h1-8,11,14-15,17,19H,9H2,(H,20,21). The van der Waals surface area contributed by atoms with E-state index in [4.69, 9.17) is 14.6 Å². The van der Waals surface area contributed by atoms with E-state index in [1.54, 1.807) is 12.1 Å². The summed E-state index contributed by atoms with van der Waals surface area (Å²) < 4.78 is 11.2. The number of carboxylic acid groups (broad SMARTS) is 1. The lowest BCUT2D eigenvalue weighted by Crippen LogP contribution is -2.28. The lowest BCUT2D eigenvalue weighted by atomic mass is 9.91. The number of phenols is 1. The maximum Gasteiger partial charge on any atom is 0.506 e. The van der Waals surface area contributed by atoms with Gasteiger partial charge in [0.05, 0.1) is 5.92 Å². The average Bonchev–Trinajstić information content (AvgIpc) is 3.03. The van der Waals surface area contributed by atoms with Gasteiger partial charge in [-0.1, -0.05) is 36.4 Å². The smallest absolute Gasteiger partial charge is 0.506 e. The van der Waals surface area contributed by atoms with Crippen LogP contribution in [-0.4, -0.2) is 28.6 Å². The van der Waals surface area contributed by atoms with Gasteiger partial charge < -0.3 is 19.7 Å². The van der Waals surface area contributed by atoms with Gasteiger partial charge in [0.1, 0.15) is 23.7 Å². The Morgan fingerprint density at radius 3 is 2.65 bits per heavy atom. The third-order valence-corrected chi connectivity index (χ3v) is 4.75. The predicted octanol–water partition coefficient (Wildman–Crippen LogP) is 3.49. The summed E-state index contributed by atoms with van der Waals surface area (Å²) in [5.41, 5.74) is 1.74. The van der Waals surface area contributed by atoms with Crippen LogP contribution in [0, 0.1) is 0 Å². The molecule has 1 heterocycles. The van der Waals surface area contributed by atoms with E-state index in [0.717, 1.165) is 11.1 Å². The Morgan fingerprint density at radius 2 is 1.91 bits per heavy atom. The summed E-state index contributed by atoms with van der Waals surface area (Å²) >= 11 is 0. The predicted molar refractivity (Wildman–Crippen MR) is 82.0 cm³/mol. The molecule has 0 spiro atoms. The molecule has 118 valence electrons. The highest BCUT2D eigenvalue weighted by atomic mass is 16.7. The zero-order valence-electron chi connectivity index (χ0n) is 12.3. The van der Waals surface area contributed by atoms with Gasteiger partial charge >= 0.3 is 6.16 Å². The van der Waals surface area contributed by atoms with Crippen molar-refractivity contribution < 1.29 is 24.5 Å². The number of hydrogen-bond acceptors (Lipinski definition) is 4. The molecular formula is C18H16O5. The van der Waals surface area contributed by atoms with Crippen LogP contribution >= 0.6 is 0 Å². The maximum atomic E-state index is 11.1. The summed E-state index contributed by atoms with van der Waals surface area (Å²) in [7, 11) is 0. The molecule has 4 atom stereocenters. The number of phenolic OH excluding ortho intramolecular Hbond substituents is 1. The normalized spacial score (nSPS) is 27.8. The summed E-state index contributed by atoms with van der Waals surface area (Å²) in [6.07, 6.45) is -1.50. The number of rotatable bonds is 2. The zero-order chi connectivity index (χ0) is 16.0. The number of carbonyl (C=O) groups is 1. The lowest BCUT2D eigenvalue weighted by molar-refractivity contribution is 0.0393. The minimum Gasteiger partial charge on any atom is -0.508 e. The van der Waals surface area contributed by atoms with Crippen LogP contribution in [-0.2, 0) is 4.74 Å². The van der Waals surface area contributed by atoms with Crippen LogP contribution in [0.3, 0.4) is 0 Å². The second kappa shape index (κ2) is 5.19. The van der Waals surface area contributed by atoms with Gasteiger partial charge in [0.15, 0.2) is 0 Å². The van der Waals surface area contributed by atoms with Crippen LogP contribution in [0.15, 0.2) is 48.5 Å². The molecule has 2 aliphatic rings. The van der Waals surface area contributed by atoms with Gasteiger partial charge in [0.2, 0.25) is 0 Å². The van der Waals surface area contributed by atoms with E-state index in [0.29, 0.717) is 12.2 Å². The van der Waals surface area contributed by atoms with Gasteiger partial charge in [0.25, 0.3) is 0 Å². The number of fused-ring (bicyclic) bond motifs is 3. The number of aromatic hydroxyl groups is 1. The van der Waals surface area contributed by atoms with Gasteiger partial charge in [-0.2, -0.15) is 0 Å². The van der Waals surface area contributed by atoms with Crippen LogP contribution in [0.4, 0.5) is 4.79 Å². The molecule has 2 N–H and O–H groups in total. The van der Waals surface area contributed by atoms with Gasteiger partial charge in [0, 0.05) is 11.5 Å². The molecule has 1 fully saturated rings. The van der Waals surface area contributed by atoms with Crippen molar-refractivity contribution in [2.45, 2.75) is 30.5 Å². The van der Waals surface area contributed by atoms with Crippen molar-refractivity contribution in [2.75, 3.05) is 0 Å². The van der Waals surface area contributed by atoms with E-state index in [1.165, 1.54) is 0 Å². The first-order valence-corrected chi connectivity index (χ1v) is 7.58. The molecule has 1 aliphatic heterocycles. The third kappa shape index (κ3) is 2.20. The van der Waals surface area contributed by atoms with Crippen molar-refractivity contribution in [1.29, 1.82) is 0 Å². The van der Waals surface area contributed by atoms with Crippen LogP contribution < -0.4 is 4.74 Å². The molecule has 5 nitrogen and oxygen atoms in total. The molecular weight excluding hydrogens is 296 g/mol. The zero-order valence-corrected chi connectivity index (χ0v) is 12.3. The summed E-state index contributed by atoms with van der Waals surface area (Å²) in [5, 5.41) is 19.2. The van der Waals surface area contributed by atoms with Gasteiger partial charge in [-0.15, -0.1) is 0 Å². The fraction of sp³-hybridized carbons (Fsp3) is 0.278. The first kappa shape index (κ1) is 13.9. The molecule has 1 aliphatic carbocycles. The lowest BCUT2D eigenvalue weighted by Gasteiger charge is -2.23. The molecule has 0 radical (unpaired) electrons. The summed E-state index contributed by atoms with van der Waals surface area (Å²) in [6, 6.07) is 14.9. The second-order valence-electron chi connectivity index (χ2n) is 5.97. The first-order chi connectivity index (χ1) is 11.1. The molecule has 23 heavy (non-hydrogen) atoms. The monoisotopic (exact) mass is 312 g/mol. The second-order valence-corrected chi connectivity index (χ2v) is 5.97. The fourth-order valence-electron chi connectivity index (χ4n) is 3.92. The largest absolute Gasteiger partial charge is 0.508 e. The fourth-order valence-corrected chi connectivity index (χ4v) is 3.92.